The van der Waals surface area contributed by atoms with Crippen molar-refractivity contribution >= 4 is 86.7 Å². The largest absolute Gasteiger partial charge is 0.375 e. The van der Waals surface area contributed by atoms with Crippen molar-refractivity contribution in [2.75, 3.05) is 62.8 Å². The summed E-state index contributed by atoms with van der Waals surface area (Å²) in [5, 5.41) is 16.2. The fourth-order valence-corrected chi connectivity index (χ4v) is 10.7. The van der Waals surface area contributed by atoms with Crippen molar-refractivity contribution in [3.05, 3.63) is 128 Å². The van der Waals surface area contributed by atoms with Gasteiger partial charge in [0.1, 0.15) is 5.69 Å². The Balaban J connectivity index is 0.00000352. The highest BCUT2D eigenvalue weighted by Gasteiger charge is 2.35. The smallest absolute Gasteiger partial charge is 0.293 e. The first kappa shape index (κ1) is 48.2. The Morgan fingerprint density at radius 2 is 1.74 bits per heavy atom. The van der Waals surface area contributed by atoms with Gasteiger partial charge in [-0.2, -0.15) is 0 Å². The lowest BCUT2D eigenvalue weighted by Crippen LogP contribution is -2.55. The van der Waals surface area contributed by atoms with Crippen LogP contribution in [0.1, 0.15) is 61.0 Å². The van der Waals surface area contributed by atoms with E-state index in [-0.39, 0.29) is 52.4 Å². The van der Waals surface area contributed by atoms with Gasteiger partial charge in [0.15, 0.2) is 0 Å². The van der Waals surface area contributed by atoms with Crippen LogP contribution >= 0.6 is 48.2 Å². The Morgan fingerprint density at radius 3 is 2.44 bits per heavy atom. The molecule has 2 heterocycles. The number of fused-ring (bicyclic) bond motifs is 3. The van der Waals surface area contributed by atoms with Gasteiger partial charge in [-0.25, -0.2) is 13.1 Å². The van der Waals surface area contributed by atoms with E-state index in [1.165, 1.54) is 28.8 Å². The number of nitro benzene ring substituents is 1. The zero-order valence-electron chi connectivity index (χ0n) is 34.9. The third kappa shape index (κ3) is 12.0. The number of nitro groups is 1. The third-order valence-corrected chi connectivity index (χ3v) is 14.3. The monoisotopic (exact) mass is 928 g/mol. The number of anilines is 2. The average molecular weight is 930 g/mol. The van der Waals surface area contributed by atoms with E-state index < -0.39 is 26.5 Å². The lowest BCUT2D eigenvalue weighted by atomic mass is 9.72. The number of piperazine rings is 1. The van der Waals surface area contributed by atoms with Crippen LogP contribution in [-0.4, -0.2) is 93.7 Å². The summed E-state index contributed by atoms with van der Waals surface area (Å²) in [6.07, 6.45) is 4.99. The topological polar surface area (TPSA) is 128 Å². The number of likely N-dealkylation sites (N-methyl/N-ethyl adjacent to an activating group) is 1. The summed E-state index contributed by atoms with van der Waals surface area (Å²) >= 11 is 7.85. The summed E-state index contributed by atoms with van der Waals surface area (Å²) in [6, 6.07) is 27.3. The molecule has 0 unspecified atom stereocenters. The molecule has 16 heteroatoms. The number of carbonyl (C=O) groups excluding carboxylic acids is 1. The summed E-state index contributed by atoms with van der Waals surface area (Å²) in [7, 11) is -0.590. The first-order valence-corrected chi connectivity index (χ1v) is 23.0. The second-order valence-corrected chi connectivity index (χ2v) is 20.2. The zero-order valence-corrected chi connectivity index (χ0v) is 39.0. The fourth-order valence-electron chi connectivity index (χ4n) is 8.70. The van der Waals surface area contributed by atoms with Crippen LogP contribution in [0.4, 0.5) is 17.1 Å². The van der Waals surface area contributed by atoms with E-state index in [1.807, 2.05) is 67.5 Å². The van der Waals surface area contributed by atoms with Gasteiger partial charge in [-0.1, -0.05) is 61.4 Å². The van der Waals surface area contributed by atoms with E-state index in [9.17, 15) is 23.3 Å². The molecule has 1 fully saturated rings. The van der Waals surface area contributed by atoms with E-state index in [4.69, 9.17) is 11.6 Å². The molecule has 4 aromatic carbocycles. The molecule has 0 aromatic heterocycles. The predicted octanol–water partition coefficient (Wildman–Crippen LogP) is 9.45. The number of carbonyl (C=O) groups is 1. The van der Waals surface area contributed by atoms with Crippen LogP contribution < -0.4 is 14.9 Å². The van der Waals surface area contributed by atoms with E-state index >= 15 is 0 Å². The Bertz CT molecular complexity index is 2330. The molecular formula is C45H55Cl3N6O5S2. The maximum atomic E-state index is 13.5. The number of hydrogen-bond acceptors (Lipinski definition) is 10. The van der Waals surface area contributed by atoms with Crippen LogP contribution in [0.25, 0.3) is 5.57 Å². The van der Waals surface area contributed by atoms with Crippen LogP contribution in [0.15, 0.2) is 106 Å². The third-order valence-electron chi connectivity index (χ3n) is 11.6. The molecule has 1 aliphatic carbocycles. The summed E-state index contributed by atoms with van der Waals surface area (Å²) in [4.78, 5) is 32.8. The van der Waals surface area contributed by atoms with Crippen LogP contribution in [-0.2, 0) is 16.4 Å². The fraction of sp³-hybridized carbons (Fsp3) is 0.400. The van der Waals surface area contributed by atoms with Gasteiger partial charge in [-0.3, -0.25) is 19.8 Å². The minimum atomic E-state index is -4.43. The number of benzene rings is 4. The van der Waals surface area contributed by atoms with Crippen molar-refractivity contribution < 1.29 is 18.1 Å². The maximum Gasteiger partial charge on any atom is 0.293 e. The molecular weight excluding hydrogens is 875 g/mol. The van der Waals surface area contributed by atoms with Crippen molar-refractivity contribution in [3.8, 4) is 0 Å². The molecule has 4 aromatic rings. The Labute approximate surface area is 381 Å². The first-order chi connectivity index (χ1) is 28.1. The van der Waals surface area contributed by atoms with Gasteiger partial charge in [0.25, 0.3) is 21.6 Å². The number of sulfonamides is 1. The van der Waals surface area contributed by atoms with Crippen LogP contribution in [0.3, 0.4) is 0 Å². The predicted molar refractivity (Wildman–Crippen MR) is 254 cm³/mol. The van der Waals surface area contributed by atoms with Crippen molar-refractivity contribution in [3.63, 3.8) is 0 Å². The summed E-state index contributed by atoms with van der Waals surface area (Å²) in [5.41, 5.74) is 6.62. The van der Waals surface area contributed by atoms with Crippen LogP contribution in [0.5, 0.6) is 0 Å². The van der Waals surface area contributed by atoms with E-state index in [2.05, 4.69) is 45.8 Å². The van der Waals surface area contributed by atoms with Crippen molar-refractivity contribution in [1.82, 2.24) is 14.5 Å². The number of thioether (sulfide) groups is 1. The highest BCUT2D eigenvalue weighted by molar-refractivity contribution is 7.99. The van der Waals surface area contributed by atoms with Gasteiger partial charge in [-0.05, 0) is 123 Å². The molecule has 2 atom stereocenters. The highest BCUT2D eigenvalue weighted by atomic mass is 35.5. The van der Waals surface area contributed by atoms with Gasteiger partial charge >= 0.3 is 0 Å². The molecule has 3 aliphatic rings. The molecule has 0 radical (unpaired) electrons. The first-order valence-electron chi connectivity index (χ1n) is 20.2. The minimum Gasteiger partial charge on any atom is -0.375 e. The van der Waals surface area contributed by atoms with Gasteiger partial charge in [0, 0.05) is 77.8 Å². The Hall–Kier alpha value is -3.82. The molecule has 2 aliphatic heterocycles. The summed E-state index contributed by atoms with van der Waals surface area (Å²) < 4.78 is 29.2. The molecule has 2 N–H and O–H groups in total. The minimum absolute atomic E-state index is 0. The number of aryl methyl sites for hydroxylation is 1. The molecule has 1 amide bonds. The van der Waals surface area contributed by atoms with Crippen LogP contribution in [0, 0.1) is 15.5 Å². The lowest BCUT2D eigenvalue weighted by molar-refractivity contribution is -0.384. The summed E-state index contributed by atoms with van der Waals surface area (Å²) in [6.45, 7) is 8.98. The van der Waals surface area contributed by atoms with E-state index in [0.29, 0.717) is 18.3 Å². The van der Waals surface area contributed by atoms with Gasteiger partial charge < -0.3 is 15.1 Å². The number of nitrogens with zero attached hydrogens (tertiary/aromatic N) is 4. The average Bonchev–Trinajstić information content (AvgIpc) is 3.20. The number of rotatable bonds is 14. The Morgan fingerprint density at radius 1 is 1.00 bits per heavy atom. The molecule has 11 nitrogen and oxygen atoms in total. The molecule has 7 rings (SSSR count). The van der Waals surface area contributed by atoms with E-state index in [1.54, 1.807) is 23.9 Å². The SMILES string of the molecule is CN(C)C[C@H](CSc1ccccc1)Nc1ccc(S(=O)(=O)NC(=O)c2ccc3c(c2)CC[C@@H]2CN(CC4=C(c5ccc(Cl)cc5)CCC(C)(C)C4)CCN32)cc1[N+](=O)[O-].Cl.Cl. The Kier molecular flexibility index (Phi) is 16.3. The molecule has 61 heavy (non-hydrogen) atoms. The quantitative estimate of drug-likeness (QED) is 0.0718. The maximum absolute atomic E-state index is 13.5. The van der Waals surface area contributed by atoms with Gasteiger partial charge in [0.2, 0.25) is 0 Å². The van der Waals surface area contributed by atoms with Crippen LogP contribution in [0.2, 0.25) is 5.02 Å². The molecule has 0 bridgehead atoms. The van der Waals surface area contributed by atoms with Crippen molar-refractivity contribution in [2.45, 2.75) is 67.8 Å². The second kappa shape index (κ2) is 20.6. The number of hydrogen-bond donors (Lipinski definition) is 2. The number of halogens is 3. The lowest BCUT2D eigenvalue weighted by Gasteiger charge is -2.47. The molecule has 328 valence electrons. The van der Waals surface area contributed by atoms with Gasteiger partial charge in [0.05, 0.1) is 9.82 Å². The van der Waals surface area contributed by atoms with Crippen molar-refractivity contribution in [2.24, 2.45) is 5.41 Å². The molecule has 0 saturated carbocycles. The number of amides is 1. The molecule has 1 saturated heterocycles. The van der Waals surface area contributed by atoms with Crippen molar-refractivity contribution in [1.29, 1.82) is 0 Å². The van der Waals surface area contributed by atoms with Gasteiger partial charge in [-0.15, -0.1) is 36.6 Å². The molecule has 0 spiro atoms. The highest BCUT2D eigenvalue weighted by Crippen LogP contribution is 2.43. The number of allylic oxidation sites excluding steroid dienone is 1. The zero-order chi connectivity index (χ0) is 41.9. The van der Waals surface area contributed by atoms with E-state index in [0.717, 1.165) is 85.5 Å². The standard InChI is InChI=1S/C45H53ClN6O5S2.2ClH/c1-45(2)21-20-40(31-10-14-35(46)15-11-31)34(26-45)27-50-22-23-51-37(29-50)16-12-32-24-33(13-19-42(32)51)44(53)48-59(56,57)39-17-18-41(43(25-39)52(54)55)47-36(28-49(3)4)30-58-38-8-6-5-7-9-38;;/h5-11,13-15,17-19,24-25,36-37,47H,12,16,20-23,26-30H2,1-4H3,(H,48,53);2*1H/t36-,37-;;/m1../s1. The second-order valence-electron chi connectivity index (χ2n) is 17.0. The summed E-state index contributed by atoms with van der Waals surface area (Å²) in [5.74, 6) is -0.162. The normalized spacial score (nSPS) is 17.9. The number of nitrogens with one attached hydrogen (secondary N) is 2.